The van der Waals surface area contributed by atoms with Crippen LogP contribution in [0, 0.1) is 0 Å². The Morgan fingerprint density at radius 3 is 2.33 bits per heavy atom. The Morgan fingerprint density at radius 1 is 1.00 bits per heavy atom. The van der Waals surface area contributed by atoms with Gasteiger partial charge in [0.1, 0.15) is 0 Å². The zero-order valence-electron chi connectivity index (χ0n) is 17.7. The van der Waals surface area contributed by atoms with Gasteiger partial charge in [0, 0.05) is 10.6 Å². The molecule has 0 fully saturated rings. The van der Waals surface area contributed by atoms with Gasteiger partial charge >= 0.3 is 0 Å². The van der Waals surface area contributed by atoms with Crippen LogP contribution >= 0.6 is 11.6 Å². The number of rotatable bonds is 5. The summed E-state index contributed by atoms with van der Waals surface area (Å²) in [5.41, 5.74) is 5.15. The van der Waals surface area contributed by atoms with Gasteiger partial charge in [-0.3, -0.25) is 0 Å². The third-order valence-electron chi connectivity index (χ3n) is 5.09. The summed E-state index contributed by atoms with van der Waals surface area (Å²) in [6.07, 6.45) is 3.61. The highest BCUT2D eigenvalue weighted by Gasteiger charge is 2.20. The van der Waals surface area contributed by atoms with Gasteiger partial charge < -0.3 is 4.52 Å². The third-order valence-corrected chi connectivity index (χ3v) is 5.34. The van der Waals surface area contributed by atoms with Crippen LogP contribution < -0.4 is 0 Å². The number of benzene rings is 2. The van der Waals surface area contributed by atoms with Crippen molar-refractivity contribution in [1.29, 1.82) is 0 Å². The highest BCUT2D eigenvalue weighted by molar-refractivity contribution is 6.30. The summed E-state index contributed by atoms with van der Waals surface area (Å²) in [7, 11) is 0. The monoisotopic (exact) mass is 420 g/mol. The highest BCUT2D eigenvalue weighted by Crippen LogP contribution is 2.29. The summed E-state index contributed by atoms with van der Waals surface area (Å²) in [4.78, 5) is 4.65. The van der Waals surface area contributed by atoms with E-state index >= 15 is 0 Å². The minimum absolute atomic E-state index is 0.103. The second-order valence-electron chi connectivity index (χ2n) is 8.39. The van der Waals surface area contributed by atoms with Crippen LogP contribution in [0.25, 0.3) is 28.5 Å². The van der Waals surface area contributed by atoms with Crippen molar-refractivity contribution in [3.05, 3.63) is 71.0 Å². The van der Waals surface area contributed by atoms with Gasteiger partial charge in [-0.1, -0.05) is 75.1 Å². The maximum absolute atomic E-state index is 6.03. The fourth-order valence-corrected chi connectivity index (χ4v) is 3.53. The zero-order valence-corrected chi connectivity index (χ0v) is 18.4. The van der Waals surface area contributed by atoms with E-state index in [4.69, 9.17) is 16.1 Å². The van der Waals surface area contributed by atoms with Crippen LogP contribution in [0.4, 0.5) is 0 Å². The van der Waals surface area contributed by atoms with Gasteiger partial charge in [0.05, 0.1) is 23.1 Å². The average Bonchev–Trinajstić information content (AvgIpc) is 3.36. The van der Waals surface area contributed by atoms with Crippen molar-refractivity contribution < 1.29 is 4.52 Å². The Balaban J connectivity index is 1.68. The van der Waals surface area contributed by atoms with Crippen LogP contribution in [-0.4, -0.2) is 19.9 Å². The maximum Gasteiger partial charge on any atom is 0.261 e. The van der Waals surface area contributed by atoms with E-state index in [0.717, 1.165) is 35.3 Å². The van der Waals surface area contributed by atoms with Gasteiger partial charge in [0.2, 0.25) is 5.82 Å². The molecule has 30 heavy (non-hydrogen) atoms. The minimum atomic E-state index is 0.103. The van der Waals surface area contributed by atoms with Crippen molar-refractivity contribution in [3.8, 4) is 28.5 Å². The first-order valence-electron chi connectivity index (χ1n) is 10.1. The summed E-state index contributed by atoms with van der Waals surface area (Å²) in [6.45, 7) is 8.73. The van der Waals surface area contributed by atoms with Crippen molar-refractivity contribution in [3.63, 3.8) is 0 Å². The lowest BCUT2D eigenvalue weighted by Crippen LogP contribution is -2.10. The summed E-state index contributed by atoms with van der Waals surface area (Å²) < 4.78 is 7.54. The van der Waals surface area contributed by atoms with Crippen molar-refractivity contribution in [2.75, 3.05) is 0 Å². The molecule has 154 valence electrons. The smallest absolute Gasteiger partial charge is 0.261 e. The first kappa shape index (κ1) is 20.4. The fraction of sp³-hybridized carbons (Fsp3) is 0.292. The Hall–Kier alpha value is -2.92. The van der Waals surface area contributed by atoms with E-state index in [1.54, 1.807) is 6.20 Å². The maximum atomic E-state index is 6.03. The van der Waals surface area contributed by atoms with Crippen LogP contribution in [0.15, 0.2) is 59.3 Å². The molecule has 0 aliphatic heterocycles. The molecule has 4 aromatic rings. The molecule has 0 atom stereocenters. The molecular weight excluding hydrogens is 396 g/mol. The largest absolute Gasteiger partial charge is 0.333 e. The molecule has 0 saturated carbocycles. The van der Waals surface area contributed by atoms with Crippen LogP contribution in [0.5, 0.6) is 0 Å². The van der Waals surface area contributed by atoms with E-state index in [9.17, 15) is 0 Å². The number of nitrogens with zero attached hydrogens (tertiary/aromatic N) is 4. The lowest BCUT2D eigenvalue weighted by Gasteiger charge is -2.18. The summed E-state index contributed by atoms with van der Waals surface area (Å²) in [5.74, 6) is 1.06. The summed E-state index contributed by atoms with van der Waals surface area (Å²) >= 11 is 6.03. The van der Waals surface area contributed by atoms with Crippen LogP contribution in [0.3, 0.4) is 0 Å². The van der Waals surface area contributed by atoms with Crippen LogP contribution in [0.1, 0.15) is 45.4 Å². The van der Waals surface area contributed by atoms with Gasteiger partial charge in [0.25, 0.3) is 5.89 Å². The van der Waals surface area contributed by atoms with E-state index in [1.165, 1.54) is 5.56 Å². The highest BCUT2D eigenvalue weighted by atomic mass is 35.5. The topological polar surface area (TPSA) is 56.7 Å². The Labute approximate surface area is 181 Å². The molecule has 0 radical (unpaired) electrons. The summed E-state index contributed by atoms with van der Waals surface area (Å²) in [6, 6.07) is 15.9. The predicted octanol–water partition coefficient (Wildman–Crippen LogP) is 6.49. The van der Waals surface area contributed by atoms with E-state index in [2.05, 4.69) is 55.1 Å². The molecule has 0 aliphatic carbocycles. The molecule has 2 heterocycles. The molecule has 6 heteroatoms. The molecule has 5 nitrogen and oxygen atoms in total. The molecule has 0 aliphatic rings. The second-order valence-corrected chi connectivity index (χ2v) is 8.83. The van der Waals surface area contributed by atoms with E-state index in [0.29, 0.717) is 16.7 Å². The molecule has 0 spiro atoms. The van der Waals surface area contributed by atoms with Crippen molar-refractivity contribution in [2.24, 2.45) is 0 Å². The van der Waals surface area contributed by atoms with Crippen molar-refractivity contribution in [1.82, 2.24) is 19.9 Å². The van der Waals surface area contributed by atoms with Gasteiger partial charge in [-0.05, 0) is 41.7 Å². The van der Waals surface area contributed by atoms with E-state index in [1.807, 2.05) is 41.1 Å². The van der Waals surface area contributed by atoms with Gasteiger partial charge in [-0.2, -0.15) is 10.1 Å². The van der Waals surface area contributed by atoms with Crippen molar-refractivity contribution in [2.45, 2.75) is 46.0 Å². The number of hydrogen-bond acceptors (Lipinski definition) is 4. The molecule has 0 unspecified atom stereocenters. The standard InChI is InChI=1S/C24H25ClN4O/c1-5-6-21-20(15-26-29(21)19-13-11-18(25)12-14-19)23-27-22(28-30-23)16-7-9-17(10-8-16)24(2,3)4/h7-15H,5-6H2,1-4H3. The van der Waals surface area contributed by atoms with Gasteiger partial charge in [0.15, 0.2) is 0 Å². The number of hydrogen-bond donors (Lipinski definition) is 0. The third kappa shape index (κ3) is 4.03. The molecular formula is C24H25ClN4O. The summed E-state index contributed by atoms with van der Waals surface area (Å²) in [5, 5.41) is 9.48. The first-order valence-corrected chi connectivity index (χ1v) is 10.5. The van der Waals surface area contributed by atoms with Gasteiger partial charge in [-0.15, -0.1) is 0 Å². The van der Waals surface area contributed by atoms with Crippen LogP contribution in [-0.2, 0) is 11.8 Å². The molecule has 0 N–H and O–H groups in total. The van der Waals surface area contributed by atoms with Crippen LogP contribution in [0.2, 0.25) is 5.02 Å². The Bertz CT molecular complexity index is 1140. The minimum Gasteiger partial charge on any atom is -0.333 e. The molecule has 0 amide bonds. The fourth-order valence-electron chi connectivity index (χ4n) is 3.40. The molecule has 0 saturated heterocycles. The Morgan fingerprint density at radius 2 is 1.70 bits per heavy atom. The molecule has 2 aromatic heterocycles. The molecule has 0 bridgehead atoms. The SMILES string of the molecule is CCCc1c(-c2nc(-c3ccc(C(C)(C)C)cc3)no2)cnn1-c1ccc(Cl)cc1. The average molecular weight is 421 g/mol. The van der Waals surface area contributed by atoms with E-state index in [-0.39, 0.29) is 5.41 Å². The number of aromatic nitrogens is 4. The van der Waals surface area contributed by atoms with Gasteiger partial charge in [-0.25, -0.2) is 4.68 Å². The second kappa shape index (κ2) is 8.07. The Kier molecular flexibility index (Phi) is 5.48. The van der Waals surface area contributed by atoms with Crippen molar-refractivity contribution >= 4 is 11.6 Å². The number of halogens is 1. The predicted molar refractivity (Wildman–Crippen MR) is 120 cm³/mol. The lowest BCUT2D eigenvalue weighted by atomic mass is 9.87. The molecule has 2 aromatic carbocycles. The first-order chi connectivity index (χ1) is 14.4. The quantitative estimate of drug-likeness (QED) is 0.370. The molecule has 4 rings (SSSR count). The zero-order chi connectivity index (χ0) is 21.3. The normalized spacial score (nSPS) is 11.8. The van der Waals surface area contributed by atoms with E-state index < -0.39 is 0 Å². The lowest BCUT2D eigenvalue weighted by molar-refractivity contribution is 0.432.